The fourth-order valence-corrected chi connectivity index (χ4v) is 3.22. The van der Waals surface area contributed by atoms with E-state index in [1.54, 1.807) is 13.1 Å². The zero-order valence-corrected chi connectivity index (χ0v) is 13.2. The van der Waals surface area contributed by atoms with Crippen LogP contribution in [-0.4, -0.2) is 38.3 Å². The summed E-state index contributed by atoms with van der Waals surface area (Å²) in [5.74, 6) is -0.133. The van der Waals surface area contributed by atoms with Gasteiger partial charge in [-0.25, -0.2) is 0 Å². The normalized spacial score (nSPS) is 17.5. The van der Waals surface area contributed by atoms with Crippen molar-refractivity contribution >= 4 is 22.6 Å². The molecule has 0 radical (unpaired) electrons. The molecule has 1 aliphatic rings. The zero-order chi connectivity index (χ0) is 16.7. The number of H-pyrrole nitrogens is 1. The lowest BCUT2D eigenvalue weighted by Crippen LogP contribution is -2.36. The third kappa shape index (κ3) is 2.29. The van der Waals surface area contributed by atoms with Gasteiger partial charge in [0.2, 0.25) is 5.89 Å². The van der Waals surface area contributed by atoms with Crippen LogP contribution in [0.5, 0.6) is 0 Å². The van der Waals surface area contributed by atoms with Crippen molar-refractivity contribution in [1.29, 1.82) is 0 Å². The van der Waals surface area contributed by atoms with Crippen molar-refractivity contribution in [2.75, 3.05) is 6.54 Å². The number of hydrogen-bond acceptors (Lipinski definition) is 5. The summed E-state index contributed by atoms with van der Waals surface area (Å²) in [6.45, 7) is 2.24. The number of aromatic nitrogens is 3. The minimum absolute atomic E-state index is 0.326. The van der Waals surface area contributed by atoms with E-state index in [2.05, 4.69) is 15.1 Å². The Labute approximate surface area is 137 Å². The largest absolute Gasteiger partial charge is 0.360 e. The number of fused-ring (bicyclic) bond motifs is 1. The maximum Gasteiger partial charge on any atom is 0.295 e. The molecule has 1 aromatic carbocycles. The monoisotopic (exact) mass is 324 g/mol. The highest BCUT2D eigenvalue weighted by atomic mass is 16.5. The van der Waals surface area contributed by atoms with Crippen LogP contribution in [0.15, 0.2) is 35.0 Å². The van der Waals surface area contributed by atoms with Gasteiger partial charge in [-0.05, 0) is 25.8 Å². The lowest BCUT2D eigenvalue weighted by Gasteiger charge is -2.20. The predicted molar refractivity (Wildman–Crippen MR) is 85.4 cm³/mol. The fourth-order valence-electron chi connectivity index (χ4n) is 3.22. The lowest BCUT2D eigenvalue weighted by atomic mass is 10.1. The highest BCUT2D eigenvalue weighted by molar-refractivity contribution is 6.44. The number of benzene rings is 1. The SMILES string of the molecule is Cc1noc(C2CCCN2C(=O)C(=O)c2c[nH]c3ccccc23)n1. The van der Waals surface area contributed by atoms with Gasteiger partial charge in [0, 0.05) is 23.6 Å². The number of nitrogens with zero attached hydrogens (tertiary/aromatic N) is 3. The molecule has 1 fully saturated rings. The fraction of sp³-hybridized carbons (Fsp3) is 0.294. The summed E-state index contributed by atoms with van der Waals surface area (Å²) in [4.78, 5) is 34.2. The third-order valence-corrected chi connectivity index (χ3v) is 4.37. The summed E-state index contributed by atoms with van der Waals surface area (Å²) in [7, 11) is 0. The van der Waals surface area contributed by atoms with E-state index in [9.17, 15) is 9.59 Å². The molecule has 0 spiro atoms. The second-order valence-corrected chi connectivity index (χ2v) is 5.91. The summed E-state index contributed by atoms with van der Waals surface area (Å²) < 4.78 is 5.20. The maximum atomic E-state index is 12.8. The van der Waals surface area contributed by atoms with Gasteiger partial charge in [0.25, 0.3) is 11.7 Å². The van der Waals surface area contributed by atoms with E-state index >= 15 is 0 Å². The summed E-state index contributed by atoms with van der Waals surface area (Å²) in [5, 5.41) is 4.53. The Morgan fingerprint density at radius 1 is 1.33 bits per heavy atom. The first kappa shape index (κ1) is 14.6. The summed E-state index contributed by atoms with van der Waals surface area (Å²) in [6.07, 6.45) is 3.11. The van der Waals surface area contributed by atoms with Crippen LogP contribution in [-0.2, 0) is 4.79 Å². The number of aryl methyl sites for hydroxylation is 1. The van der Waals surface area contributed by atoms with Gasteiger partial charge >= 0.3 is 0 Å². The van der Waals surface area contributed by atoms with Crippen LogP contribution >= 0.6 is 0 Å². The Morgan fingerprint density at radius 2 is 2.17 bits per heavy atom. The predicted octanol–water partition coefficient (Wildman–Crippen LogP) is 2.41. The molecule has 1 amide bonds. The van der Waals surface area contributed by atoms with Gasteiger partial charge in [-0.3, -0.25) is 9.59 Å². The molecule has 1 atom stereocenters. The summed E-state index contributed by atoms with van der Waals surface area (Å²) in [5.41, 5.74) is 1.22. The van der Waals surface area contributed by atoms with Crippen molar-refractivity contribution in [2.24, 2.45) is 0 Å². The average Bonchev–Trinajstić information content (AvgIpc) is 3.31. The van der Waals surface area contributed by atoms with Crippen molar-refractivity contribution < 1.29 is 14.1 Å². The van der Waals surface area contributed by atoms with Crippen LogP contribution in [0.25, 0.3) is 10.9 Å². The van der Waals surface area contributed by atoms with Gasteiger partial charge in [0.15, 0.2) is 5.82 Å². The van der Waals surface area contributed by atoms with Gasteiger partial charge < -0.3 is 14.4 Å². The van der Waals surface area contributed by atoms with Crippen molar-refractivity contribution in [3.05, 3.63) is 47.7 Å². The van der Waals surface area contributed by atoms with Crippen LogP contribution in [0.1, 0.15) is 41.0 Å². The van der Waals surface area contributed by atoms with Gasteiger partial charge in [0.1, 0.15) is 6.04 Å². The number of ketones is 1. The standard InChI is InChI=1S/C17H16N4O3/c1-10-19-16(24-20-10)14-7-4-8-21(14)17(23)15(22)12-9-18-13-6-3-2-5-11(12)13/h2-3,5-6,9,14,18H,4,7-8H2,1H3. The Hall–Kier alpha value is -2.96. The molecule has 4 rings (SSSR count). The molecule has 0 bridgehead atoms. The van der Waals surface area contributed by atoms with Gasteiger partial charge in [-0.2, -0.15) is 4.98 Å². The number of nitrogens with one attached hydrogen (secondary N) is 1. The van der Waals surface area contributed by atoms with E-state index in [-0.39, 0.29) is 6.04 Å². The van der Waals surface area contributed by atoms with Gasteiger partial charge in [0.05, 0.1) is 5.56 Å². The van der Waals surface area contributed by atoms with Crippen LogP contribution < -0.4 is 0 Å². The molecular formula is C17H16N4O3. The molecule has 1 aliphatic heterocycles. The quantitative estimate of drug-likeness (QED) is 0.590. The van der Waals surface area contributed by atoms with Gasteiger partial charge in [-0.15, -0.1) is 0 Å². The second-order valence-electron chi connectivity index (χ2n) is 5.91. The lowest BCUT2D eigenvalue weighted by molar-refractivity contribution is -0.127. The van der Waals surface area contributed by atoms with E-state index < -0.39 is 11.7 Å². The molecule has 1 unspecified atom stereocenters. The smallest absolute Gasteiger partial charge is 0.295 e. The summed E-state index contributed by atoms with van der Waals surface area (Å²) >= 11 is 0. The number of amides is 1. The molecule has 2 aromatic heterocycles. The van der Waals surface area contributed by atoms with E-state index in [0.717, 1.165) is 17.3 Å². The third-order valence-electron chi connectivity index (χ3n) is 4.37. The minimum atomic E-state index is -0.530. The van der Waals surface area contributed by atoms with E-state index in [0.29, 0.717) is 30.2 Å². The van der Waals surface area contributed by atoms with E-state index in [1.807, 2.05) is 24.3 Å². The summed E-state index contributed by atoms with van der Waals surface area (Å²) in [6, 6.07) is 7.10. The molecule has 3 heterocycles. The van der Waals surface area contributed by atoms with Crippen molar-refractivity contribution in [2.45, 2.75) is 25.8 Å². The molecule has 3 aromatic rings. The average molecular weight is 324 g/mol. The van der Waals surface area contributed by atoms with Gasteiger partial charge in [-0.1, -0.05) is 23.4 Å². The van der Waals surface area contributed by atoms with Crippen LogP contribution in [0.4, 0.5) is 0 Å². The first-order chi connectivity index (χ1) is 11.6. The molecule has 1 saturated heterocycles. The Bertz CT molecular complexity index is 927. The molecule has 122 valence electrons. The molecule has 24 heavy (non-hydrogen) atoms. The van der Waals surface area contributed by atoms with Crippen molar-refractivity contribution in [3.8, 4) is 0 Å². The van der Waals surface area contributed by atoms with Crippen LogP contribution in [0.3, 0.4) is 0 Å². The molecule has 1 N–H and O–H groups in total. The number of Topliss-reactive ketones (excluding diaryl/α,β-unsaturated/α-hetero) is 1. The first-order valence-electron chi connectivity index (χ1n) is 7.87. The molecule has 0 saturated carbocycles. The molecule has 7 nitrogen and oxygen atoms in total. The number of aromatic amines is 1. The molecule has 0 aliphatic carbocycles. The Kier molecular flexibility index (Phi) is 3.41. The highest BCUT2D eigenvalue weighted by Gasteiger charge is 2.37. The topological polar surface area (TPSA) is 92.1 Å². The number of para-hydroxylation sites is 1. The zero-order valence-electron chi connectivity index (χ0n) is 13.2. The van der Waals surface area contributed by atoms with Crippen LogP contribution in [0.2, 0.25) is 0 Å². The van der Waals surface area contributed by atoms with Crippen molar-refractivity contribution in [3.63, 3.8) is 0 Å². The first-order valence-corrected chi connectivity index (χ1v) is 7.87. The number of carbonyl (C=O) groups excluding carboxylic acids is 2. The molecule has 7 heteroatoms. The van der Waals surface area contributed by atoms with Crippen molar-refractivity contribution in [1.82, 2.24) is 20.0 Å². The number of rotatable bonds is 3. The highest BCUT2D eigenvalue weighted by Crippen LogP contribution is 2.32. The van der Waals surface area contributed by atoms with E-state index in [4.69, 9.17) is 4.52 Å². The Balaban J connectivity index is 1.64. The number of hydrogen-bond donors (Lipinski definition) is 1. The Morgan fingerprint density at radius 3 is 2.96 bits per heavy atom. The maximum absolute atomic E-state index is 12.8. The number of likely N-dealkylation sites (tertiary alicyclic amines) is 1. The number of carbonyl (C=O) groups is 2. The second kappa shape index (κ2) is 5.59. The van der Waals surface area contributed by atoms with Crippen LogP contribution in [0, 0.1) is 6.92 Å². The molecular weight excluding hydrogens is 308 g/mol. The minimum Gasteiger partial charge on any atom is -0.360 e. The van der Waals surface area contributed by atoms with E-state index in [1.165, 1.54) is 4.90 Å².